The lowest BCUT2D eigenvalue weighted by Crippen LogP contribution is -2.33. The molecule has 4 rings (SSSR count). The molecule has 4 N–H and O–H groups in total. The highest BCUT2D eigenvalue weighted by Gasteiger charge is 2.39. The van der Waals surface area contributed by atoms with Gasteiger partial charge in [0.2, 0.25) is 5.95 Å². The number of thiazole rings is 1. The van der Waals surface area contributed by atoms with Crippen molar-refractivity contribution in [3.63, 3.8) is 0 Å². The van der Waals surface area contributed by atoms with E-state index in [0.717, 1.165) is 46.0 Å². The van der Waals surface area contributed by atoms with Crippen LogP contribution in [0.3, 0.4) is 0 Å². The Kier molecular flexibility index (Phi) is 5.11. The highest BCUT2D eigenvalue weighted by Crippen LogP contribution is 2.44. The molecular weight excluding hydrogens is 376 g/mol. The number of aliphatic hydroxyl groups is 3. The van der Waals surface area contributed by atoms with Crippen LogP contribution in [0.1, 0.15) is 41.6 Å². The van der Waals surface area contributed by atoms with Crippen LogP contribution in [-0.4, -0.2) is 36.9 Å². The van der Waals surface area contributed by atoms with Crippen LogP contribution in [0.2, 0.25) is 0 Å². The molecule has 1 aliphatic rings. The molecule has 8 heteroatoms. The van der Waals surface area contributed by atoms with E-state index in [4.69, 9.17) is 5.11 Å². The van der Waals surface area contributed by atoms with E-state index in [9.17, 15) is 10.2 Å². The Bertz CT molecular complexity index is 987. The molecule has 2 heterocycles. The Morgan fingerprint density at radius 1 is 1.25 bits per heavy atom. The van der Waals surface area contributed by atoms with E-state index >= 15 is 0 Å². The molecule has 1 saturated carbocycles. The van der Waals surface area contributed by atoms with Crippen molar-refractivity contribution in [2.45, 2.75) is 37.9 Å². The summed E-state index contributed by atoms with van der Waals surface area (Å²) in [5.74, 6) is 0.343. The standard InChI is InChI=1S/C20H22N4O3S/c1-12-7-13(17-10-22-18(28-17)20(27)4-2-5-20)9-14(8-12)23-19-21-6-3-15(24-19)16(26)11-25/h3,6-10,16,25-27H,2,4-5,11H2,1H3,(H,21,23,24). The lowest BCUT2D eigenvalue weighted by molar-refractivity contribution is -0.0389. The van der Waals surface area contributed by atoms with Gasteiger partial charge in [-0.25, -0.2) is 15.0 Å². The highest BCUT2D eigenvalue weighted by molar-refractivity contribution is 7.15. The normalized spacial score (nSPS) is 16.4. The smallest absolute Gasteiger partial charge is 0.227 e. The third-order valence-electron chi connectivity index (χ3n) is 4.89. The molecule has 2 aromatic heterocycles. The minimum atomic E-state index is -1.04. The van der Waals surface area contributed by atoms with Crippen molar-refractivity contribution in [3.05, 3.63) is 52.9 Å². The molecule has 0 amide bonds. The van der Waals surface area contributed by atoms with Crippen LogP contribution in [0.15, 0.2) is 36.7 Å². The minimum Gasteiger partial charge on any atom is -0.393 e. The molecule has 0 spiro atoms. The van der Waals surface area contributed by atoms with Gasteiger partial charge in [0.1, 0.15) is 16.7 Å². The molecule has 1 fully saturated rings. The summed E-state index contributed by atoms with van der Waals surface area (Å²) < 4.78 is 0. The average molecular weight is 398 g/mol. The molecule has 0 bridgehead atoms. The Morgan fingerprint density at radius 2 is 2.07 bits per heavy atom. The zero-order valence-corrected chi connectivity index (χ0v) is 16.3. The first-order valence-electron chi connectivity index (χ1n) is 9.16. The lowest BCUT2D eigenvalue weighted by Gasteiger charge is -2.34. The van der Waals surface area contributed by atoms with Crippen molar-refractivity contribution < 1.29 is 15.3 Å². The lowest BCUT2D eigenvalue weighted by atomic mass is 9.81. The number of hydrogen-bond donors (Lipinski definition) is 4. The third kappa shape index (κ3) is 3.77. The number of benzene rings is 1. The van der Waals surface area contributed by atoms with E-state index in [-0.39, 0.29) is 0 Å². The second-order valence-electron chi connectivity index (χ2n) is 7.13. The Balaban J connectivity index is 1.59. The number of hydrogen-bond acceptors (Lipinski definition) is 8. The van der Waals surface area contributed by atoms with Gasteiger partial charge in [-0.05, 0) is 55.5 Å². The molecule has 1 aromatic carbocycles. The van der Waals surface area contributed by atoms with E-state index in [0.29, 0.717) is 11.6 Å². The topological polar surface area (TPSA) is 111 Å². The summed E-state index contributed by atoms with van der Waals surface area (Å²) >= 11 is 1.52. The summed E-state index contributed by atoms with van der Waals surface area (Å²) in [5.41, 5.74) is 2.47. The minimum absolute atomic E-state index is 0.343. The fourth-order valence-electron chi connectivity index (χ4n) is 3.19. The van der Waals surface area contributed by atoms with E-state index < -0.39 is 18.3 Å². The number of aryl methyl sites for hydroxylation is 1. The first kappa shape index (κ1) is 18.9. The van der Waals surface area contributed by atoms with Crippen LogP contribution in [0.4, 0.5) is 11.6 Å². The number of nitrogens with zero attached hydrogens (tertiary/aromatic N) is 3. The summed E-state index contributed by atoms with van der Waals surface area (Å²) in [7, 11) is 0. The van der Waals surface area contributed by atoms with E-state index in [1.54, 1.807) is 6.07 Å². The summed E-state index contributed by atoms with van der Waals surface area (Å²) in [6.07, 6.45) is 4.89. The largest absolute Gasteiger partial charge is 0.393 e. The van der Waals surface area contributed by atoms with Crippen LogP contribution in [0, 0.1) is 6.92 Å². The molecule has 0 aliphatic heterocycles. The van der Waals surface area contributed by atoms with Crippen LogP contribution in [0.25, 0.3) is 10.4 Å². The molecular formula is C20H22N4O3S. The molecule has 0 saturated heterocycles. The third-order valence-corrected chi connectivity index (χ3v) is 6.13. The van der Waals surface area contributed by atoms with Crippen molar-refractivity contribution in [2.24, 2.45) is 0 Å². The van der Waals surface area contributed by atoms with Crippen molar-refractivity contribution in [1.82, 2.24) is 15.0 Å². The van der Waals surface area contributed by atoms with Gasteiger partial charge < -0.3 is 20.6 Å². The van der Waals surface area contributed by atoms with Crippen LogP contribution >= 0.6 is 11.3 Å². The van der Waals surface area contributed by atoms with Crippen molar-refractivity contribution in [1.29, 1.82) is 0 Å². The average Bonchev–Trinajstić information content (AvgIpc) is 3.16. The molecule has 3 aromatic rings. The first-order valence-corrected chi connectivity index (χ1v) is 9.98. The highest BCUT2D eigenvalue weighted by atomic mass is 32.1. The fraction of sp³-hybridized carbons (Fsp3) is 0.350. The predicted molar refractivity (Wildman–Crippen MR) is 107 cm³/mol. The number of aromatic nitrogens is 3. The number of rotatable bonds is 6. The van der Waals surface area contributed by atoms with Crippen molar-refractivity contribution in [3.8, 4) is 10.4 Å². The van der Waals surface area contributed by atoms with E-state index in [1.807, 2.05) is 25.3 Å². The van der Waals surface area contributed by atoms with Gasteiger partial charge in [0.15, 0.2) is 0 Å². The van der Waals surface area contributed by atoms with Gasteiger partial charge in [-0.1, -0.05) is 6.07 Å². The SMILES string of the molecule is Cc1cc(Nc2nccc(C(O)CO)n2)cc(-c2cnc(C3(O)CCC3)s2)c1. The summed E-state index contributed by atoms with van der Waals surface area (Å²) in [6, 6.07) is 7.59. The van der Waals surface area contributed by atoms with Crippen LogP contribution < -0.4 is 5.32 Å². The van der Waals surface area contributed by atoms with Gasteiger partial charge in [-0.2, -0.15) is 0 Å². The second kappa shape index (κ2) is 7.56. The molecule has 7 nitrogen and oxygen atoms in total. The maximum Gasteiger partial charge on any atom is 0.227 e. The molecule has 28 heavy (non-hydrogen) atoms. The zero-order chi connectivity index (χ0) is 19.7. The molecule has 146 valence electrons. The number of nitrogens with one attached hydrogen (secondary N) is 1. The molecule has 1 aliphatic carbocycles. The zero-order valence-electron chi connectivity index (χ0n) is 15.5. The quantitative estimate of drug-likeness (QED) is 0.505. The van der Waals surface area contributed by atoms with Crippen LogP contribution in [0.5, 0.6) is 0 Å². The molecule has 1 unspecified atom stereocenters. The monoisotopic (exact) mass is 398 g/mol. The summed E-state index contributed by atoms with van der Waals surface area (Å²) in [4.78, 5) is 13.9. The van der Waals surface area contributed by atoms with Gasteiger partial charge in [0.25, 0.3) is 0 Å². The van der Waals surface area contributed by atoms with Gasteiger partial charge in [-0.15, -0.1) is 11.3 Å². The molecule has 0 radical (unpaired) electrons. The van der Waals surface area contributed by atoms with Gasteiger partial charge in [0, 0.05) is 18.1 Å². The Morgan fingerprint density at radius 3 is 2.79 bits per heavy atom. The maximum absolute atomic E-state index is 10.5. The van der Waals surface area contributed by atoms with Gasteiger partial charge >= 0.3 is 0 Å². The Hall–Kier alpha value is -2.39. The van der Waals surface area contributed by atoms with Gasteiger partial charge in [0.05, 0.1) is 17.2 Å². The molecule has 1 atom stereocenters. The van der Waals surface area contributed by atoms with Crippen LogP contribution in [-0.2, 0) is 5.60 Å². The maximum atomic E-state index is 10.5. The predicted octanol–water partition coefficient (Wildman–Crippen LogP) is 3.05. The Labute approximate surface area is 166 Å². The van der Waals surface area contributed by atoms with E-state index in [1.165, 1.54) is 17.5 Å². The number of aliphatic hydroxyl groups excluding tert-OH is 2. The second-order valence-corrected chi connectivity index (χ2v) is 8.16. The van der Waals surface area contributed by atoms with Crippen molar-refractivity contribution >= 4 is 23.0 Å². The first-order chi connectivity index (χ1) is 13.5. The summed E-state index contributed by atoms with van der Waals surface area (Å²) in [5, 5.41) is 33.3. The fourth-order valence-corrected chi connectivity index (χ4v) is 4.24. The summed E-state index contributed by atoms with van der Waals surface area (Å²) in [6.45, 7) is 1.61. The van der Waals surface area contributed by atoms with Crippen molar-refractivity contribution in [2.75, 3.05) is 11.9 Å². The number of anilines is 2. The van der Waals surface area contributed by atoms with Gasteiger partial charge in [-0.3, -0.25) is 0 Å². The van der Waals surface area contributed by atoms with E-state index in [2.05, 4.69) is 26.3 Å².